The second-order valence-corrected chi connectivity index (χ2v) is 5.57. The van der Waals surface area contributed by atoms with Gasteiger partial charge in [-0.3, -0.25) is 4.79 Å². The molecule has 0 spiro atoms. The number of nitrogens with zero attached hydrogens (tertiary/aromatic N) is 2. The Morgan fingerprint density at radius 1 is 1.09 bits per heavy atom. The summed E-state index contributed by atoms with van der Waals surface area (Å²) in [5.74, 6) is 0.121. The van der Waals surface area contributed by atoms with Gasteiger partial charge in [0.25, 0.3) is 0 Å². The van der Waals surface area contributed by atoms with E-state index in [1.165, 1.54) is 0 Å². The third-order valence-corrected chi connectivity index (χ3v) is 3.88. The topological polar surface area (TPSA) is 52.1 Å². The number of aromatic nitrogens is 2. The van der Waals surface area contributed by atoms with Crippen LogP contribution in [0.1, 0.15) is 48.8 Å². The summed E-state index contributed by atoms with van der Waals surface area (Å²) < 4.78 is 5.42. The van der Waals surface area contributed by atoms with E-state index in [4.69, 9.17) is 9.72 Å². The summed E-state index contributed by atoms with van der Waals surface area (Å²) >= 11 is 0. The van der Waals surface area contributed by atoms with Crippen molar-refractivity contribution in [2.45, 2.75) is 45.4 Å². The first kappa shape index (κ1) is 14.7. The van der Waals surface area contributed by atoms with Crippen LogP contribution in [-0.2, 0) is 24.1 Å². The number of benzene rings is 1. The first-order chi connectivity index (χ1) is 10.8. The smallest absolute Gasteiger partial charge is 0.312 e. The molecule has 2 aromatic rings. The maximum atomic E-state index is 11.7. The van der Waals surface area contributed by atoms with E-state index in [9.17, 15) is 4.79 Å². The van der Waals surface area contributed by atoms with Crippen molar-refractivity contribution in [3.05, 3.63) is 53.0 Å². The second kappa shape index (κ2) is 6.69. The van der Waals surface area contributed by atoms with Gasteiger partial charge in [-0.15, -0.1) is 0 Å². The molecule has 1 heterocycles. The summed E-state index contributed by atoms with van der Waals surface area (Å²) in [5.41, 5.74) is 3.95. The van der Waals surface area contributed by atoms with Gasteiger partial charge in [-0.2, -0.15) is 0 Å². The van der Waals surface area contributed by atoms with Gasteiger partial charge >= 0.3 is 5.97 Å². The minimum Gasteiger partial charge on any atom is -0.405 e. The molecule has 0 bridgehead atoms. The van der Waals surface area contributed by atoms with Crippen LogP contribution in [0.15, 0.2) is 30.3 Å². The largest absolute Gasteiger partial charge is 0.405 e. The molecule has 0 N–H and O–H groups in total. The zero-order chi connectivity index (χ0) is 15.4. The molecule has 0 fully saturated rings. The lowest BCUT2D eigenvalue weighted by molar-refractivity contribution is -0.134. The quantitative estimate of drug-likeness (QED) is 0.813. The van der Waals surface area contributed by atoms with Crippen molar-refractivity contribution in [1.29, 1.82) is 0 Å². The molecule has 0 aliphatic heterocycles. The number of ether oxygens (including phenoxy) is 1. The van der Waals surface area contributed by atoms with Crippen molar-refractivity contribution in [3.8, 4) is 5.88 Å². The Morgan fingerprint density at radius 2 is 1.77 bits per heavy atom. The maximum Gasteiger partial charge on any atom is 0.312 e. The average Bonchev–Trinajstić information content (AvgIpc) is 2.56. The second-order valence-electron chi connectivity index (χ2n) is 5.57. The van der Waals surface area contributed by atoms with E-state index >= 15 is 0 Å². The van der Waals surface area contributed by atoms with Gasteiger partial charge in [-0.1, -0.05) is 37.3 Å². The number of hydrogen-bond donors (Lipinski definition) is 0. The van der Waals surface area contributed by atoms with E-state index in [1.807, 2.05) is 30.3 Å². The predicted octanol–water partition coefficient (Wildman–Crippen LogP) is 3.26. The summed E-state index contributed by atoms with van der Waals surface area (Å²) in [6.07, 6.45) is 5.13. The molecule has 0 radical (unpaired) electrons. The highest BCUT2D eigenvalue weighted by molar-refractivity contribution is 5.71. The van der Waals surface area contributed by atoms with Gasteiger partial charge in [0.1, 0.15) is 5.69 Å². The summed E-state index contributed by atoms with van der Waals surface area (Å²) in [7, 11) is 0. The molecule has 0 saturated carbocycles. The van der Waals surface area contributed by atoms with Crippen LogP contribution in [0, 0.1) is 0 Å². The lowest BCUT2D eigenvalue weighted by Gasteiger charge is -2.17. The SMILES string of the molecule is CCC(=O)Oc1nc2c(nc1Cc1ccccc1)CCCC2. The molecule has 0 saturated heterocycles. The number of fused-ring (bicyclic) bond motifs is 1. The van der Waals surface area contributed by atoms with Crippen molar-refractivity contribution in [1.82, 2.24) is 9.97 Å². The Morgan fingerprint density at radius 3 is 2.45 bits per heavy atom. The Labute approximate surface area is 130 Å². The van der Waals surface area contributed by atoms with Crippen LogP contribution in [0.3, 0.4) is 0 Å². The molecule has 1 aliphatic rings. The van der Waals surface area contributed by atoms with E-state index in [0.29, 0.717) is 18.7 Å². The summed E-state index contributed by atoms with van der Waals surface area (Å²) in [5, 5.41) is 0. The number of carbonyl (C=O) groups is 1. The number of carbonyl (C=O) groups excluding carboxylic acids is 1. The normalized spacial score (nSPS) is 13.5. The molecular formula is C18H20N2O2. The van der Waals surface area contributed by atoms with Gasteiger partial charge in [0.05, 0.1) is 11.4 Å². The molecule has 3 rings (SSSR count). The number of rotatable bonds is 4. The molecule has 114 valence electrons. The van der Waals surface area contributed by atoms with Crippen LogP contribution < -0.4 is 4.74 Å². The van der Waals surface area contributed by atoms with Crippen LogP contribution in [0.5, 0.6) is 5.88 Å². The summed E-state index contributed by atoms with van der Waals surface area (Å²) in [6, 6.07) is 10.1. The standard InChI is InChI=1S/C18H20N2O2/c1-2-17(21)22-18-16(12-13-8-4-3-5-9-13)19-14-10-6-7-11-15(14)20-18/h3-5,8-9H,2,6-7,10-12H2,1H3. The predicted molar refractivity (Wildman–Crippen MR) is 83.8 cm³/mol. The van der Waals surface area contributed by atoms with E-state index < -0.39 is 0 Å². The number of hydrogen-bond acceptors (Lipinski definition) is 4. The van der Waals surface area contributed by atoms with Crippen molar-refractivity contribution < 1.29 is 9.53 Å². The molecule has 1 aromatic carbocycles. The van der Waals surface area contributed by atoms with Crippen LogP contribution in [-0.4, -0.2) is 15.9 Å². The lowest BCUT2D eigenvalue weighted by atomic mass is 10.00. The lowest BCUT2D eigenvalue weighted by Crippen LogP contribution is -2.15. The number of esters is 1. The summed E-state index contributed by atoms with van der Waals surface area (Å²) in [6.45, 7) is 1.78. The highest BCUT2D eigenvalue weighted by Crippen LogP contribution is 2.25. The fraction of sp³-hybridized carbons (Fsp3) is 0.389. The van der Waals surface area contributed by atoms with Crippen LogP contribution in [0.25, 0.3) is 0 Å². The first-order valence-corrected chi connectivity index (χ1v) is 7.89. The minimum absolute atomic E-state index is 0.264. The van der Waals surface area contributed by atoms with Crippen molar-refractivity contribution in [2.24, 2.45) is 0 Å². The van der Waals surface area contributed by atoms with Gasteiger partial charge in [-0.25, -0.2) is 9.97 Å². The molecule has 0 atom stereocenters. The third-order valence-electron chi connectivity index (χ3n) is 3.88. The Kier molecular flexibility index (Phi) is 4.47. The molecule has 22 heavy (non-hydrogen) atoms. The van der Waals surface area contributed by atoms with Crippen LogP contribution in [0.2, 0.25) is 0 Å². The molecule has 0 amide bonds. The van der Waals surface area contributed by atoms with E-state index in [-0.39, 0.29) is 5.97 Å². The average molecular weight is 296 g/mol. The molecular weight excluding hydrogens is 276 g/mol. The van der Waals surface area contributed by atoms with Gasteiger partial charge in [0, 0.05) is 12.8 Å². The maximum absolute atomic E-state index is 11.7. The van der Waals surface area contributed by atoms with Crippen LogP contribution in [0.4, 0.5) is 0 Å². The van der Waals surface area contributed by atoms with Gasteiger partial charge in [-0.05, 0) is 31.2 Å². The van der Waals surface area contributed by atoms with Crippen molar-refractivity contribution in [2.75, 3.05) is 0 Å². The zero-order valence-electron chi connectivity index (χ0n) is 12.8. The van der Waals surface area contributed by atoms with E-state index in [2.05, 4.69) is 4.98 Å². The Balaban J connectivity index is 1.95. The minimum atomic E-state index is -0.264. The van der Waals surface area contributed by atoms with Gasteiger partial charge < -0.3 is 4.74 Å². The first-order valence-electron chi connectivity index (χ1n) is 7.89. The zero-order valence-corrected chi connectivity index (χ0v) is 12.8. The molecule has 4 heteroatoms. The highest BCUT2D eigenvalue weighted by atomic mass is 16.5. The summed E-state index contributed by atoms with van der Waals surface area (Å²) in [4.78, 5) is 21.0. The third kappa shape index (κ3) is 3.32. The van der Waals surface area contributed by atoms with Crippen molar-refractivity contribution in [3.63, 3.8) is 0 Å². The Bertz CT molecular complexity index is 668. The van der Waals surface area contributed by atoms with E-state index in [0.717, 1.165) is 48.3 Å². The molecule has 4 nitrogen and oxygen atoms in total. The molecule has 1 aromatic heterocycles. The Hall–Kier alpha value is -2.23. The van der Waals surface area contributed by atoms with Crippen LogP contribution >= 0.6 is 0 Å². The molecule has 1 aliphatic carbocycles. The fourth-order valence-electron chi connectivity index (χ4n) is 2.68. The molecule has 0 unspecified atom stereocenters. The van der Waals surface area contributed by atoms with E-state index in [1.54, 1.807) is 6.92 Å². The number of aryl methyl sites for hydroxylation is 2. The monoisotopic (exact) mass is 296 g/mol. The fourth-order valence-corrected chi connectivity index (χ4v) is 2.68. The van der Waals surface area contributed by atoms with Gasteiger partial charge in [0.2, 0.25) is 5.88 Å². The van der Waals surface area contributed by atoms with Gasteiger partial charge in [0.15, 0.2) is 0 Å². The highest BCUT2D eigenvalue weighted by Gasteiger charge is 2.19. The van der Waals surface area contributed by atoms with Crippen molar-refractivity contribution >= 4 is 5.97 Å².